The number of nitro groups is 1. The largest absolute Gasteiger partial charge is 0.454 e. The summed E-state index contributed by atoms with van der Waals surface area (Å²) in [6, 6.07) is 11.6. The number of nitrogens with zero attached hydrogens (tertiary/aromatic N) is 3. The standard InChI is InChI=1S/C17H14N4O4/c1-10-5-4-8-13(21(23)24)15(10)17(22)25-9-14-19-12-7-3-2-6-11(12)16(18)20-14/h2-8H,9H2,1H3,(H2,18,19,20). The highest BCUT2D eigenvalue weighted by Gasteiger charge is 2.23. The molecule has 8 heteroatoms. The smallest absolute Gasteiger partial charge is 0.345 e. The van der Waals surface area contributed by atoms with Crippen LogP contribution >= 0.6 is 0 Å². The number of carbonyl (C=O) groups is 1. The average molecular weight is 338 g/mol. The van der Waals surface area contributed by atoms with Crippen LogP contribution in [0.3, 0.4) is 0 Å². The molecule has 2 aromatic carbocycles. The number of aromatic nitrogens is 2. The number of hydrogen-bond acceptors (Lipinski definition) is 7. The minimum atomic E-state index is -0.805. The number of anilines is 1. The summed E-state index contributed by atoms with van der Waals surface area (Å²) in [4.78, 5) is 31.2. The molecule has 0 aliphatic heterocycles. The maximum Gasteiger partial charge on any atom is 0.345 e. The number of aryl methyl sites for hydroxylation is 1. The Labute approximate surface area is 142 Å². The number of fused-ring (bicyclic) bond motifs is 1. The van der Waals surface area contributed by atoms with Gasteiger partial charge in [-0.1, -0.05) is 24.3 Å². The summed E-state index contributed by atoms with van der Waals surface area (Å²) in [5.41, 5.74) is 6.58. The zero-order chi connectivity index (χ0) is 18.0. The van der Waals surface area contributed by atoms with Gasteiger partial charge in [-0.15, -0.1) is 0 Å². The Morgan fingerprint density at radius 2 is 1.96 bits per heavy atom. The molecule has 0 amide bonds. The first-order chi connectivity index (χ1) is 12.0. The molecule has 3 rings (SSSR count). The first kappa shape index (κ1) is 16.3. The zero-order valence-electron chi connectivity index (χ0n) is 13.3. The minimum Gasteiger partial charge on any atom is -0.454 e. The first-order valence-electron chi connectivity index (χ1n) is 7.39. The lowest BCUT2D eigenvalue weighted by atomic mass is 10.1. The Kier molecular flexibility index (Phi) is 4.25. The Balaban J connectivity index is 1.85. The fourth-order valence-corrected chi connectivity index (χ4v) is 2.49. The van der Waals surface area contributed by atoms with E-state index in [0.717, 1.165) is 0 Å². The van der Waals surface area contributed by atoms with E-state index in [0.29, 0.717) is 16.5 Å². The van der Waals surface area contributed by atoms with Crippen LogP contribution in [0.25, 0.3) is 10.9 Å². The van der Waals surface area contributed by atoms with Gasteiger partial charge in [-0.3, -0.25) is 10.1 Å². The van der Waals surface area contributed by atoms with Gasteiger partial charge in [0, 0.05) is 11.5 Å². The van der Waals surface area contributed by atoms with Gasteiger partial charge in [0.2, 0.25) is 0 Å². The highest BCUT2D eigenvalue weighted by atomic mass is 16.6. The Hall–Kier alpha value is -3.55. The first-order valence-corrected chi connectivity index (χ1v) is 7.39. The number of rotatable bonds is 4. The summed E-state index contributed by atoms with van der Waals surface area (Å²) in [5.74, 6) is -0.306. The highest BCUT2D eigenvalue weighted by molar-refractivity contribution is 5.95. The van der Waals surface area contributed by atoms with Crippen molar-refractivity contribution in [3.05, 3.63) is 69.5 Å². The van der Waals surface area contributed by atoms with Crippen LogP contribution in [-0.4, -0.2) is 20.9 Å². The number of benzene rings is 2. The number of esters is 1. The molecule has 1 heterocycles. The van der Waals surface area contributed by atoms with Crippen LogP contribution in [0.15, 0.2) is 42.5 Å². The molecule has 0 atom stereocenters. The van der Waals surface area contributed by atoms with E-state index in [-0.39, 0.29) is 29.5 Å². The number of nitrogen functional groups attached to an aromatic ring is 1. The Morgan fingerprint density at radius 1 is 1.20 bits per heavy atom. The highest BCUT2D eigenvalue weighted by Crippen LogP contribution is 2.23. The van der Waals surface area contributed by atoms with Gasteiger partial charge >= 0.3 is 5.97 Å². The molecule has 0 bridgehead atoms. The van der Waals surface area contributed by atoms with Crippen LogP contribution in [0.5, 0.6) is 0 Å². The van der Waals surface area contributed by atoms with E-state index in [1.165, 1.54) is 12.1 Å². The lowest BCUT2D eigenvalue weighted by Crippen LogP contribution is -2.12. The monoisotopic (exact) mass is 338 g/mol. The maximum atomic E-state index is 12.3. The van der Waals surface area contributed by atoms with Crippen LogP contribution in [0.1, 0.15) is 21.7 Å². The second kappa shape index (κ2) is 6.52. The second-order valence-electron chi connectivity index (χ2n) is 5.34. The molecular weight excluding hydrogens is 324 g/mol. The third kappa shape index (κ3) is 3.23. The molecular formula is C17H14N4O4. The average Bonchev–Trinajstić information content (AvgIpc) is 2.59. The van der Waals surface area contributed by atoms with Crippen LogP contribution in [0, 0.1) is 17.0 Å². The van der Waals surface area contributed by atoms with Gasteiger partial charge in [-0.05, 0) is 24.6 Å². The molecule has 3 aromatic rings. The van der Waals surface area contributed by atoms with Gasteiger partial charge < -0.3 is 10.5 Å². The van der Waals surface area contributed by atoms with E-state index in [4.69, 9.17) is 10.5 Å². The fourth-order valence-electron chi connectivity index (χ4n) is 2.49. The molecule has 126 valence electrons. The lowest BCUT2D eigenvalue weighted by Gasteiger charge is -2.08. The topological polar surface area (TPSA) is 121 Å². The van der Waals surface area contributed by atoms with Crippen LogP contribution in [0.4, 0.5) is 11.5 Å². The summed E-state index contributed by atoms with van der Waals surface area (Å²) in [6.45, 7) is 1.37. The van der Waals surface area contributed by atoms with Crippen molar-refractivity contribution in [3.8, 4) is 0 Å². The number of ether oxygens (including phenoxy) is 1. The molecule has 0 saturated carbocycles. The summed E-state index contributed by atoms with van der Waals surface area (Å²) in [6.07, 6.45) is 0. The quantitative estimate of drug-likeness (QED) is 0.441. The molecule has 0 radical (unpaired) electrons. The predicted octanol–water partition coefficient (Wildman–Crippen LogP) is 2.79. The molecule has 8 nitrogen and oxygen atoms in total. The molecule has 2 N–H and O–H groups in total. The molecule has 0 aliphatic carbocycles. The number of carbonyl (C=O) groups excluding carboxylic acids is 1. The van der Waals surface area contributed by atoms with E-state index in [1.54, 1.807) is 31.2 Å². The van der Waals surface area contributed by atoms with E-state index >= 15 is 0 Å². The molecule has 25 heavy (non-hydrogen) atoms. The Morgan fingerprint density at radius 3 is 2.72 bits per heavy atom. The molecule has 0 unspecified atom stereocenters. The third-order valence-corrected chi connectivity index (χ3v) is 3.66. The summed E-state index contributed by atoms with van der Waals surface area (Å²) < 4.78 is 5.17. The van der Waals surface area contributed by atoms with Gasteiger partial charge in [0.15, 0.2) is 12.4 Å². The third-order valence-electron chi connectivity index (χ3n) is 3.66. The van der Waals surface area contributed by atoms with Crippen LogP contribution in [-0.2, 0) is 11.3 Å². The summed E-state index contributed by atoms with van der Waals surface area (Å²) in [5, 5.41) is 11.8. The summed E-state index contributed by atoms with van der Waals surface area (Å²) >= 11 is 0. The van der Waals surface area contributed by atoms with Gasteiger partial charge in [0.1, 0.15) is 11.4 Å². The summed E-state index contributed by atoms with van der Waals surface area (Å²) in [7, 11) is 0. The lowest BCUT2D eigenvalue weighted by molar-refractivity contribution is -0.385. The van der Waals surface area contributed by atoms with Crippen LogP contribution < -0.4 is 5.73 Å². The van der Waals surface area contributed by atoms with Gasteiger partial charge in [-0.25, -0.2) is 14.8 Å². The van der Waals surface area contributed by atoms with Gasteiger partial charge in [0.05, 0.1) is 10.4 Å². The van der Waals surface area contributed by atoms with Crippen LogP contribution in [0.2, 0.25) is 0 Å². The molecule has 0 aliphatic rings. The normalized spacial score (nSPS) is 10.6. The van der Waals surface area contributed by atoms with Gasteiger partial charge in [0.25, 0.3) is 5.69 Å². The SMILES string of the molecule is Cc1cccc([N+](=O)[O-])c1C(=O)OCc1nc(N)c2ccccc2n1. The van der Waals surface area contributed by atoms with Crippen molar-refractivity contribution in [2.24, 2.45) is 0 Å². The van der Waals surface area contributed by atoms with E-state index < -0.39 is 10.9 Å². The number of nitro benzene ring substituents is 1. The van der Waals surface area contributed by atoms with Crippen molar-refractivity contribution in [2.75, 3.05) is 5.73 Å². The van der Waals surface area contributed by atoms with E-state index in [2.05, 4.69) is 9.97 Å². The van der Waals surface area contributed by atoms with Crippen molar-refractivity contribution in [3.63, 3.8) is 0 Å². The number of para-hydroxylation sites is 1. The van der Waals surface area contributed by atoms with Gasteiger partial charge in [-0.2, -0.15) is 0 Å². The van der Waals surface area contributed by atoms with Crippen molar-refractivity contribution in [1.29, 1.82) is 0 Å². The van der Waals surface area contributed by atoms with Crippen molar-refractivity contribution in [2.45, 2.75) is 13.5 Å². The maximum absolute atomic E-state index is 12.3. The van der Waals surface area contributed by atoms with E-state index in [1.807, 2.05) is 6.07 Å². The van der Waals surface area contributed by atoms with Crippen molar-refractivity contribution in [1.82, 2.24) is 9.97 Å². The molecule has 0 saturated heterocycles. The number of nitrogens with two attached hydrogens (primary N) is 1. The van der Waals surface area contributed by atoms with Crippen molar-refractivity contribution < 1.29 is 14.5 Å². The Bertz CT molecular complexity index is 988. The zero-order valence-corrected chi connectivity index (χ0v) is 13.3. The minimum absolute atomic E-state index is 0.0822. The molecule has 1 aromatic heterocycles. The van der Waals surface area contributed by atoms with E-state index in [9.17, 15) is 14.9 Å². The fraction of sp³-hybridized carbons (Fsp3) is 0.118. The predicted molar refractivity (Wildman–Crippen MR) is 90.9 cm³/mol. The second-order valence-corrected chi connectivity index (χ2v) is 5.34. The molecule has 0 spiro atoms. The van der Waals surface area contributed by atoms with Crippen molar-refractivity contribution >= 4 is 28.4 Å². The number of hydrogen-bond donors (Lipinski definition) is 1. The molecule has 0 fully saturated rings.